The number of para-hydroxylation sites is 2. The van der Waals surface area contributed by atoms with E-state index in [-0.39, 0.29) is 10.8 Å². The maximum absolute atomic E-state index is 2.44. The summed E-state index contributed by atoms with van der Waals surface area (Å²) in [6.07, 6.45) is 1.19. The molecule has 0 aliphatic heterocycles. The van der Waals surface area contributed by atoms with Gasteiger partial charge in [-0.3, -0.25) is 0 Å². The van der Waals surface area contributed by atoms with Crippen molar-refractivity contribution >= 4 is 17.1 Å². The lowest BCUT2D eigenvalue weighted by atomic mass is 9.82. The van der Waals surface area contributed by atoms with Crippen molar-refractivity contribution in [3.8, 4) is 11.1 Å². The van der Waals surface area contributed by atoms with Crippen molar-refractivity contribution < 1.29 is 0 Å². The van der Waals surface area contributed by atoms with Crippen LogP contribution >= 0.6 is 0 Å². The molecule has 1 heteroatoms. The van der Waals surface area contributed by atoms with Crippen LogP contribution < -0.4 is 4.90 Å². The first-order valence-corrected chi connectivity index (χ1v) is 11.9. The Balaban J connectivity index is 1.58. The molecule has 0 amide bonds. The summed E-state index contributed by atoms with van der Waals surface area (Å²) >= 11 is 0. The van der Waals surface area contributed by atoms with Crippen molar-refractivity contribution in [1.82, 2.24) is 0 Å². The summed E-state index contributed by atoms with van der Waals surface area (Å²) in [6, 6.07) is 35.2. The maximum Gasteiger partial charge on any atom is 0.0464 e. The van der Waals surface area contributed by atoms with Gasteiger partial charge in [0.2, 0.25) is 0 Å². The van der Waals surface area contributed by atoms with Crippen molar-refractivity contribution in [2.24, 2.45) is 0 Å². The first-order chi connectivity index (χ1) is 15.8. The molecule has 5 rings (SSSR count). The van der Waals surface area contributed by atoms with Gasteiger partial charge in [-0.2, -0.15) is 0 Å². The van der Waals surface area contributed by atoms with E-state index in [1.165, 1.54) is 39.9 Å². The van der Waals surface area contributed by atoms with Crippen LogP contribution in [0.4, 0.5) is 17.1 Å². The van der Waals surface area contributed by atoms with Crippen molar-refractivity contribution in [2.75, 3.05) is 4.90 Å². The average Bonchev–Trinajstić information content (AvgIpc) is 2.99. The van der Waals surface area contributed by atoms with Gasteiger partial charge < -0.3 is 4.90 Å². The predicted octanol–water partition coefficient (Wildman–Crippen LogP) is 9.09. The zero-order valence-electron chi connectivity index (χ0n) is 20.4. The molecule has 1 nitrogen and oxygen atoms in total. The highest BCUT2D eigenvalue weighted by Crippen LogP contribution is 2.50. The van der Waals surface area contributed by atoms with E-state index in [1.807, 2.05) is 0 Å². The number of benzene rings is 4. The molecular formula is C32H33N. The molecule has 0 atom stereocenters. The molecule has 0 aromatic heterocycles. The summed E-state index contributed by atoms with van der Waals surface area (Å²) in [4.78, 5) is 2.32. The fraction of sp³-hybridized carbons (Fsp3) is 0.250. The van der Waals surface area contributed by atoms with Crippen LogP contribution in [-0.2, 0) is 10.8 Å². The Hall–Kier alpha value is -3.32. The number of anilines is 3. The smallest absolute Gasteiger partial charge is 0.0464 e. The molecule has 0 unspecified atom stereocenters. The van der Waals surface area contributed by atoms with Gasteiger partial charge in [0.15, 0.2) is 0 Å². The molecule has 4 aromatic carbocycles. The highest BCUT2D eigenvalue weighted by atomic mass is 15.1. The first-order valence-electron chi connectivity index (χ1n) is 11.9. The van der Waals surface area contributed by atoms with Gasteiger partial charge in [0, 0.05) is 17.1 Å². The number of rotatable bonds is 4. The fourth-order valence-corrected chi connectivity index (χ4v) is 5.87. The van der Waals surface area contributed by atoms with E-state index in [9.17, 15) is 0 Å². The minimum Gasteiger partial charge on any atom is -0.310 e. The second-order valence-corrected chi connectivity index (χ2v) is 10.7. The van der Waals surface area contributed by atoms with Crippen molar-refractivity contribution in [3.05, 3.63) is 114 Å². The third kappa shape index (κ3) is 3.86. The molecule has 0 bridgehead atoms. The lowest BCUT2D eigenvalue weighted by Gasteiger charge is -2.26. The van der Waals surface area contributed by atoms with E-state index in [4.69, 9.17) is 0 Å². The molecule has 0 heterocycles. The van der Waals surface area contributed by atoms with Gasteiger partial charge in [-0.25, -0.2) is 0 Å². The SMILES string of the molecule is Cc1cc(N(c2ccccc2)c2ccccc2)ccc1-c1ccc2c(c1)C(C)(C)CC2(C)C. The topological polar surface area (TPSA) is 3.24 Å². The molecule has 0 fully saturated rings. The minimum atomic E-state index is 0.208. The normalized spacial score (nSPS) is 15.8. The van der Waals surface area contributed by atoms with Crippen LogP contribution in [0.15, 0.2) is 97.1 Å². The van der Waals surface area contributed by atoms with E-state index in [0.29, 0.717) is 0 Å². The molecular weight excluding hydrogens is 398 g/mol. The fourth-order valence-electron chi connectivity index (χ4n) is 5.87. The highest BCUT2D eigenvalue weighted by Gasteiger charge is 2.41. The molecule has 4 aromatic rings. The van der Waals surface area contributed by atoms with E-state index in [2.05, 4.69) is 137 Å². The third-order valence-corrected chi connectivity index (χ3v) is 7.17. The van der Waals surface area contributed by atoms with Crippen LogP contribution in [0.1, 0.15) is 50.8 Å². The Morgan fingerprint density at radius 1 is 0.576 bits per heavy atom. The summed E-state index contributed by atoms with van der Waals surface area (Å²) < 4.78 is 0. The van der Waals surface area contributed by atoms with Crippen LogP contribution in [-0.4, -0.2) is 0 Å². The summed E-state index contributed by atoms with van der Waals surface area (Å²) in [7, 11) is 0. The van der Waals surface area contributed by atoms with Crippen LogP contribution in [0.2, 0.25) is 0 Å². The van der Waals surface area contributed by atoms with E-state index in [0.717, 1.165) is 11.4 Å². The lowest BCUT2D eigenvalue weighted by molar-refractivity contribution is 0.403. The van der Waals surface area contributed by atoms with Crippen molar-refractivity contribution in [2.45, 2.75) is 51.9 Å². The van der Waals surface area contributed by atoms with E-state index < -0.39 is 0 Å². The second kappa shape index (κ2) is 7.92. The Morgan fingerprint density at radius 2 is 1.15 bits per heavy atom. The van der Waals surface area contributed by atoms with Crippen LogP contribution in [0.3, 0.4) is 0 Å². The third-order valence-electron chi connectivity index (χ3n) is 7.17. The summed E-state index contributed by atoms with van der Waals surface area (Å²) in [5, 5.41) is 0. The molecule has 0 N–H and O–H groups in total. The van der Waals surface area contributed by atoms with Crippen LogP contribution in [0.5, 0.6) is 0 Å². The zero-order chi connectivity index (χ0) is 23.2. The monoisotopic (exact) mass is 431 g/mol. The summed E-state index contributed by atoms with van der Waals surface area (Å²) in [5.41, 5.74) is 10.9. The molecule has 0 saturated heterocycles. The Labute approximate surface area is 198 Å². The zero-order valence-corrected chi connectivity index (χ0v) is 20.4. The standard InChI is InChI=1S/C32H33N/c1-23-20-27(33(25-12-8-6-9-13-25)26-14-10-7-11-15-26)17-18-28(23)24-16-19-29-30(21-24)32(4,5)22-31(29,2)3/h6-21H,22H2,1-5H3. The first kappa shape index (κ1) is 21.5. The highest BCUT2D eigenvalue weighted by molar-refractivity contribution is 5.80. The number of hydrogen-bond donors (Lipinski definition) is 0. The minimum absolute atomic E-state index is 0.208. The molecule has 0 saturated carbocycles. The molecule has 0 radical (unpaired) electrons. The number of aryl methyl sites for hydroxylation is 1. The maximum atomic E-state index is 2.44. The van der Waals surface area contributed by atoms with Gasteiger partial charge in [0.1, 0.15) is 0 Å². The van der Waals surface area contributed by atoms with E-state index >= 15 is 0 Å². The van der Waals surface area contributed by atoms with Gasteiger partial charge in [-0.1, -0.05) is 88.4 Å². The molecule has 1 aliphatic rings. The van der Waals surface area contributed by atoms with Gasteiger partial charge >= 0.3 is 0 Å². The number of fused-ring (bicyclic) bond motifs is 1. The van der Waals surface area contributed by atoms with Gasteiger partial charge in [0.25, 0.3) is 0 Å². The van der Waals surface area contributed by atoms with E-state index in [1.54, 1.807) is 0 Å². The number of hydrogen-bond acceptors (Lipinski definition) is 1. The van der Waals surface area contributed by atoms with Crippen molar-refractivity contribution in [1.29, 1.82) is 0 Å². The Kier molecular flexibility index (Phi) is 5.16. The summed E-state index contributed by atoms with van der Waals surface area (Å²) in [6.45, 7) is 11.8. The quantitative estimate of drug-likeness (QED) is 0.311. The van der Waals surface area contributed by atoms with Gasteiger partial charge in [0.05, 0.1) is 0 Å². The van der Waals surface area contributed by atoms with Gasteiger partial charge in [-0.15, -0.1) is 0 Å². The second-order valence-electron chi connectivity index (χ2n) is 10.7. The largest absolute Gasteiger partial charge is 0.310 e. The average molecular weight is 432 g/mol. The molecule has 33 heavy (non-hydrogen) atoms. The number of nitrogens with zero attached hydrogens (tertiary/aromatic N) is 1. The Bertz CT molecular complexity index is 1240. The van der Waals surface area contributed by atoms with Crippen molar-refractivity contribution in [3.63, 3.8) is 0 Å². The molecule has 166 valence electrons. The predicted molar refractivity (Wildman–Crippen MR) is 142 cm³/mol. The lowest BCUT2D eigenvalue weighted by Crippen LogP contribution is -2.17. The summed E-state index contributed by atoms with van der Waals surface area (Å²) in [5.74, 6) is 0. The van der Waals surface area contributed by atoms with Gasteiger partial charge in [-0.05, 0) is 88.4 Å². The molecule has 0 spiro atoms. The Morgan fingerprint density at radius 3 is 1.73 bits per heavy atom. The van der Waals surface area contributed by atoms with Crippen LogP contribution in [0, 0.1) is 6.92 Å². The molecule has 1 aliphatic carbocycles. The van der Waals surface area contributed by atoms with Crippen LogP contribution in [0.25, 0.3) is 11.1 Å².